The molecule has 0 spiro atoms. The van der Waals surface area contributed by atoms with Gasteiger partial charge in [-0.05, 0) is 36.8 Å². The maximum absolute atomic E-state index is 11.9. The van der Waals surface area contributed by atoms with Crippen LogP contribution < -0.4 is 5.32 Å². The number of aliphatic hydroxyl groups excluding tert-OH is 1. The van der Waals surface area contributed by atoms with E-state index in [0.717, 1.165) is 5.56 Å². The Morgan fingerprint density at radius 2 is 1.67 bits per heavy atom. The predicted octanol–water partition coefficient (Wildman–Crippen LogP) is 2.99. The average Bonchev–Trinajstić information content (AvgIpc) is 2.40. The standard InChI is InChI=1S/C15H15NO2/c1-11(17)12-7-9-14(10-8-12)16-15(18)13-5-3-2-4-6-13/h2-11,17H,1H3,(H,16,18). The van der Waals surface area contributed by atoms with E-state index in [9.17, 15) is 9.90 Å². The lowest BCUT2D eigenvalue weighted by molar-refractivity contribution is 0.102. The first-order chi connectivity index (χ1) is 8.66. The van der Waals surface area contributed by atoms with Gasteiger partial charge in [-0.3, -0.25) is 4.79 Å². The van der Waals surface area contributed by atoms with Crippen molar-refractivity contribution in [3.63, 3.8) is 0 Å². The molecule has 0 heterocycles. The monoisotopic (exact) mass is 241 g/mol. The molecule has 0 aliphatic carbocycles. The van der Waals surface area contributed by atoms with Crippen LogP contribution in [0.15, 0.2) is 54.6 Å². The summed E-state index contributed by atoms with van der Waals surface area (Å²) >= 11 is 0. The second kappa shape index (κ2) is 5.47. The number of rotatable bonds is 3. The third kappa shape index (κ3) is 2.96. The van der Waals surface area contributed by atoms with Crippen molar-refractivity contribution in [2.75, 3.05) is 5.32 Å². The molecule has 1 unspecified atom stereocenters. The Kier molecular flexibility index (Phi) is 3.75. The summed E-state index contributed by atoms with van der Waals surface area (Å²) in [6.07, 6.45) is -0.496. The molecule has 0 bridgehead atoms. The van der Waals surface area contributed by atoms with Crippen molar-refractivity contribution >= 4 is 11.6 Å². The minimum Gasteiger partial charge on any atom is -0.389 e. The van der Waals surface area contributed by atoms with Crippen LogP contribution in [0.5, 0.6) is 0 Å². The molecule has 1 atom stereocenters. The average molecular weight is 241 g/mol. The topological polar surface area (TPSA) is 49.3 Å². The third-order valence-electron chi connectivity index (χ3n) is 2.69. The molecular formula is C15H15NO2. The summed E-state index contributed by atoms with van der Waals surface area (Å²) in [6.45, 7) is 1.71. The van der Waals surface area contributed by atoms with E-state index in [1.54, 1.807) is 43.3 Å². The molecule has 0 aliphatic heterocycles. The zero-order chi connectivity index (χ0) is 13.0. The molecule has 3 heteroatoms. The van der Waals surface area contributed by atoms with Crippen molar-refractivity contribution in [2.24, 2.45) is 0 Å². The van der Waals surface area contributed by atoms with Gasteiger partial charge < -0.3 is 10.4 Å². The van der Waals surface area contributed by atoms with Gasteiger partial charge in [0, 0.05) is 11.3 Å². The van der Waals surface area contributed by atoms with Crippen molar-refractivity contribution in [1.82, 2.24) is 0 Å². The van der Waals surface area contributed by atoms with Crippen molar-refractivity contribution in [1.29, 1.82) is 0 Å². The van der Waals surface area contributed by atoms with E-state index in [1.165, 1.54) is 0 Å². The second-order valence-electron chi connectivity index (χ2n) is 4.12. The Morgan fingerprint density at radius 3 is 2.22 bits per heavy atom. The zero-order valence-electron chi connectivity index (χ0n) is 10.1. The van der Waals surface area contributed by atoms with E-state index < -0.39 is 6.10 Å². The van der Waals surface area contributed by atoms with Crippen LogP contribution in [0, 0.1) is 0 Å². The van der Waals surface area contributed by atoms with E-state index in [0.29, 0.717) is 11.3 Å². The van der Waals surface area contributed by atoms with Gasteiger partial charge in [-0.15, -0.1) is 0 Å². The molecule has 18 heavy (non-hydrogen) atoms. The van der Waals surface area contributed by atoms with Crippen LogP contribution >= 0.6 is 0 Å². The number of anilines is 1. The van der Waals surface area contributed by atoms with Gasteiger partial charge in [0.25, 0.3) is 5.91 Å². The van der Waals surface area contributed by atoms with Crippen molar-refractivity contribution < 1.29 is 9.90 Å². The second-order valence-corrected chi connectivity index (χ2v) is 4.12. The summed E-state index contributed by atoms with van der Waals surface area (Å²) in [6, 6.07) is 16.2. The Labute approximate surface area is 106 Å². The summed E-state index contributed by atoms with van der Waals surface area (Å²) in [5, 5.41) is 12.2. The highest BCUT2D eigenvalue weighted by atomic mass is 16.3. The number of carbonyl (C=O) groups is 1. The third-order valence-corrected chi connectivity index (χ3v) is 2.69. The number of carbonyl (C=O) groups excluding carboxylic acids is 1. The molecule has 2 aromatic carbocycles. The van der Waals surface area contributed by atoms with Crippen LogP contribution in [0.2, 0.25) is 0 Å². The molecule has 2 N–H and O–H groups in total. The maximum atomic E-state index is 11.9. The van der Waals surface area contributed by atoms with Gasteiger partial charge in [0.2, 0.25) is 0 Å². The van der Waals surface area contributed by atoms with Crippen LogP contribution in [-0.2, 0) is 0 Å². The minimum absolute atomic E-state index is 0.139. The quantitative estimate of drug-likeness (QED) is 0.867. The number of hydrogen-bond acceptors (Lipinski definition) is 2. The summed E-state index contributed by atoms with van der Waals surface area (Å²) in [4.78, 5) is 11.9. The van der Waals surface area contributed by atoms with E-state index >= 15 is 0 Å². The lowest BCUT2D eigenvalue weighted by Crippen LogP contribution is -2.11. The summed E-state index contributed by atoms with van der Waals surface area (Å²) in [5.41, 5.74) is 2.16. The van der Waals surface area contributed by atoms with Crippen LogP contribution in [0.1, 0.15) is 28.9 Å². The number of amides is 1. The van der Waals surface area contributed by atoms with Gasteiger partial charge in [0.05, 0.1) is 6.10 Å². The fourth-order valence-corrected chi connectivity index (χ4v) is 1.64. The van der Waals surface area contributed by atoms with Gasteiger partial charge in [-0.25, -0.2) is 0 Å². The zero-order valence-corrected chi connectivity index (χ0v) is 10.1. The van der Waals surface area contributed by atoms with Crippen LogP contribution in [0.3, 0.4) is 0 Å². The Morgan fingerprint density at radius 1 is 1.06 bits per heavy atom. The molecule has 2 rings (SSSR count). The normalized spacial score (nSPS) is 11.9. The molecule has 0 aliphatic rings. The van der Waals surface area contributed by atoms with Gasteiger partial charge in [-0.2, -0.15) is 0 Å². The van der Waals surface area contributed by atoms with Crippen molar-refractivity contribution in [2.45, 2.75) is 13.0 Å². The molecule has 1 amide bonds. The van der Waals surface area contributed by atoms with E-state index in [1.807, 2.05) is 18.2 Å². The van der Waals surface area contributed by atoms with Gasteiger partial charge in [0.1, 0.15) is 0 Å². The van der Waals surface area contributed by atoms with Crippen molar-refractivity contribution in [3.05, 3.63) is 65.7 Å². The fourth-order valence-electron chi connectivity index (χ4n) is 1.64. The fraction of sp³-hybridized carbons (Fsp3) is 0.133. The Bertz CT molecular complexity index is 518. The summed E-state index contributed by atoms with van der Waals surface area (Å²) in [7, 11) is 0. The largest absolute Gasteiger partial charge is 0.389 e. The van der Waals surface area contributed by atoms with Crippen molar-refractivity contribution in [3.8, 4) is 0 Å². The van der Waals surface area contributed by atoms with Crippen LogP contribution in [-0.4, -0.2) is 11.0 Å². The highest BCUT2D eigenvalue weighted by molar-refractivity contribution is 6.04. The molecule has 3 nitrogen and oxygen atoms in total. The number of aliphatic hydroxyl groups is 1. The smallest absolute Gasteiger partial charge is 0.255 e. The molecule has 0 radical (unpaired) electrons. The molecule has 0 aromatic heterocycles. The van der Waals surface area contributed by atoms with E-state index in [4.69, 9.17) is 0 Å². The number of nitrogens with one attached hydrogen (secondary N) is 1. The minimum atomic E-state index is -0.496. The Balaban J connectivity index is 2.08. The molecule has 0 saturated heterocycles. The molecule has 2 aromatic rings. The number of hydrogen-bond donors (Lipinski definition) is 2. The first-order valence-electron chi connectivity index (χ1n) is 5.81. The predicted molar refractivity (Wildman–Crippen MR) is 71.5 cm³/mol. The van der Waals surface area contributed by atoms with Crippen LogP contribution in [0.4, 0.5) is 5.69 Å². The first-order valence-corrected chi connectivity index (χ1v) is 5.81. The molecule has 0 fully saturated rings. The maximum Gasteiger partial charge on any atom is 0.255 e. The molecule has 0 saturated carbocycles. The highest BCUT2D eigenvalue weighted by Crippen LogP contribution is 2.16. The summed E-state index contributed by atoms with van der Waals surface area (Å²) in [5.74, 6) is -0.139. The first kappa shape index (κ1) is 12.3. The van der Waals surface area contributed by atoms with E-state index in [-0.39, 0.29) is 5.91 Å². The van der Waals surface area contributed by atoms with Gasteiger partial charge in [-0.1, -0.05) is 30.3 Å². The highest BCUT2D eigenvalue weighted by Gasteiger charge is 2.05. The molecule has 92 valence electrons. The number of benzene rings is 2. The van der Waals surface area contributed by atoms with Crippen LogP contribution in [0.25, 0.3) is 0 Å². The molecular weight excluding hydrogens is 226 g/mol. The SMILES string of the molecule is CC(O)c1ccc(NC(=O)c2ccccc2)cc1. The Hall–Kier alpha value is -2.13. The van der Waals surface area contributed by atoms with Gasteiger partial charge in [0.15, 0.2) is 0 Å². The lowest BCUT2D eigenvalue weighted by atomic mass is 10.1. The lowest BCUT2D eigenvalue weighted by Gasteiger charge is -2.08. The summed E-state index contributed by atoms with van der Waals surface area (Å²) < 4.78 is 0. The van der Waals surface area contributed by atoms with Gasteiger partial charge >= 0.3 is 0 Å². The van der Waals surface area contributed by atoms with E-state index in [2.05, 4.69) is 5.32 Å².